The molecule has 1 amide bonds. The number of H-pyrrole nitrogens is 1. The summed E-state index contributed by atoms with van der Waals surface area (Å²) in [7, 11) is 0. The van der Waals surface area contributed by atoms with Gasteiger partial charge < -0.3 is 9.88 Å². The lowest BCUT2D eigenvalue weighted by molar-refractivity contribution is -0.0494. The van der Waals surface area contributed by atoms with E-state index in [4.69, 9.17) is 0 Å². The van der Waals surface area contributed by atoms with Crippen molar-refractivity contribution in [2.75, 3.05) is 13.1 Å². The van der Waals surface area contributed by atoms with Gasteiger partial charge in [-0.15, -0.1) is 0 Å². The van der Waals surface area contributed by atoms with Crippen LogP contribution in [-0.4, -0.2) is 34.8 Å². The maximum absolute atomic E-state index is 13.4. The van der Waals surface area contributed by atoms with Gasteiger partial charge in [-0.25, -0.2) is 8.78 Å². The van der Waals surface area contributed by atoms with Gasteiger partial charge >= 0.3 is 0 Å². The topological polar surface area (TPSA) is 53.2 Å². The second-order valence-corrected chi connectivity index (χ2v) is 8.00. The molecule has 156 valence electrons. The molecule has 6 heteroatoms. The number of hydrogen-bond donors (Lipinski definition) is 1. The van der Waals surface area contributed by atoms with Crippen molar-refractivity contribution < 1.29 is 13.6 Å². The Morgan fingerprint density at radius 3 is 2.45 bits per heavy atom. The number of halogens is 2. The SMILES string of the molecule is O=C(c1ccc2c(-c3ccc4c(=O)[nH]ccc4c3)cccc2c1)N1CCC(F)(F)CC1. The van der Waals surface area contributed by atoms with E-state index >= 15 is 0 Å². The lowest BCUT2D eigenvalue weighted by Crippen LogP contribution is -2.42. The number of likely N-dealkylation sites (tertiary alicyclic amines) is 1. The number of aromatic nitrogens is 1. The highest BCUT2D eigenvalue weighted by molar-refractivity contribution is 6.03. The van der Waals surface area contributed by atoms with Crippen molar-refractivity contribution in [3.8, 4) is 11.1 Å². The van der Waals surface area contributed by atoms with E-state index in [1.54, 1.807) is 12.3 Å². The zero-order valence-corrected chi connectivity index (χ0v) is 16.7. The number of carbonyl (C=O) groups excluding carboxylic acids is 1. The van der Waals surface area contributed by atoms with Gasteiger partial charge in [0, 0.05) is 43.1 Å². The minimum Gasteiger partial charge on any atom is -0.338 e. The molecule has 0 saturated carbocycles. The van der Waals surface area contributed by atoms with E-state index in [9.17, 15) is 18.4 Å². The minimum atomic E-state index is -2.68. The van der Waals surface area contributed by atoms with E-state index in [-0.39, 0.29) is 37.4 Å². The highest BCUT2D eigenvalue weighted by Crippen LogP contribution is 2.32. The fraction of sp³-hybridized carbons (Fsp3) is 0.200. The molecule has 0 atom stereocenters. The van der Waals surface area contributed by atoms with Gasteiger partial charge in [-0.1, -0.05) is 30.3 Å². The molecule has 0 bridgehead atoms. The van der Waals surface area contributed by atoms with Crippen LogP contribution in [0.15, 0.2) is 71.7 Å². The molecule has 1 aromatic heterocycles. The summed E-state index contributed by atoms with van der Waals surface area (Å²) in [6.07, 6.45) is 1.05. The molecule has 31 heavy (non-hydrogen) atoms. The maximum Gasteiger partial charge on any atom is 0.255 e. The van der Waals surface area contributed by atoms with Gasteiger partial charge in [0.1, 0.15) is 0 Å². The Morgan fingerprint density at radius 1 is 0.903 bits per heavy atom. The number of aromatic amines is 1. The van der Waals surface area contributed by atoms with Crippen LogP contribution >= 0.6 is 0 Å². The van der Waals surface area contributed by atoms with Gasteiger partial charge in [0.2, 0.25) is 0 Å². The molecular weight excluding hydrogens is 398 g/mol. The Morgan fingerprint density at radius 2 is 1.65 bits per heavy atom. The summed E-state index contributed by atoms with van der Waals surface area (Å²) in [5, 5.41) is 3.36. The molecule has 0 spiro atoms. The quantitative estimate of drug-likeness (QED) is 0.485. The van der Waals surface area contributed by atoms with E-state index < -0.39 is 5.92 Å². The zero-order valence-electron chi connectivity index (χ0n) is 16.7. The molecule has 0 aliphatic carbocycles. The summed E-state index contributed by atoms with van der Waals surface area (Å²) in [4.78, 5) is 29.0. The first kappa shape index (κ1) is 19.4. The molecule has 1 saturated heterocycles. The predicted molar refractivity (Wildman–Crippen MR) is 118 cm³/mol. The molecule has 1 aliphatic rings. The first-order chi connectivity index (χ1) is 14.9. The van der Waals surface area contributed by atoms with Crippen molar-refractivity contribution in [1.82, 2.24) is 9.88 Å². The molecule has 0 radical (unpaired) electrons. The summed E-state index contributed by atoms with van der Waals surface area (Å²) in [6, 6.07) is 18.9. The lowest BCUT2D eigenvalue weighted by Gasteiger charge is -2.31. The van der Waals surface area contributed by atoms with Crippen molar-refractivity contribution in [2.45, 2.75) is 18.8 Å². The normalized spacial score (nSPS) is 16.0. The van der Waals surface area contributed by atoms with Crippen LogP contribution in [0.25, 0.3) is 32.7 Å². The van der Waals surface area contributed by atoms with Crippen LogP contribution in [0.2, 0.25) is 0 Å². The summed E-state index contributed by atoms with van der Waals surface area (Å²) < 4.78 is 26.8. The van der Waals surface area contributed by atoms with Crippen molar-refractivity contribution in [3.63, 3.8) is 0 Å². The number of nitrogens with zero attached hydrogens (tertiary/aromatic N) is 1. The van der Waals surface area contributed by atoms with Gasteiger partial charge in [-0.05, 0) is 57.6 Å². The van der Waals surface area contributed by atoms with Crippen molar-refractivity contribution >= 4 is 27.5 Å². The number of alkyl halides is 2. The number of piperidine rings is 1. The first-order valence-electron chi connectivity index (χ1n) is 10.2. The van der Waals surface area contributed by atoms with E-state index in [0.29, 0.717) is 10.9 Å². The largest absolute Gasteiger partial charge is 0.338 e. The molecule has 4 aromatic rings. The maximum atomic E-state index is 13.4. The van der Waals surface area contributed by atoms with E-state index in [1.165, 1.54) is 4.90 Å². The smallest absolute Gasteiger partial charge is 0.255 e. The number of nitrogens with one attached hydrogen (secondary N) is 1. The molecule has 2 heterocycles. The third-order valence-corrected chi connectivity index (χ3v) is 5.99. The highest BCUT2D eigenvalue weighted by atomic mass is 19.3. The fourth-order valence-electron chi connectivity index (χ4n) is 4.25. The van der Waals surface area contributed by atoms with Crippen LogP contribution < -0.4 is 5.56 Å². The average Bonchev–Trinajstić information content (AvgIpc) is 2.78. The summed E-state index contributed by atoms with van der Waals surface area (Å²) in [6.45, 7) is 0.139. The van der Waals surface area contributed by atoms with Crippen molar-refractivity contribution in [1.29, 1.82) is 0 Å². The van der Waals surface area contributed by atoms with Crippen LogP contribution in [0, 0.1) is 0 Å². The number of pyridine rings is 1. The van der Waals surface area contributed by atoms with Crippen LogP contribution in [0.4, 0.5) is 8.78 Å². The molecule has 3 aromatic carbocycles. The summed E-state index contributed by atoms with van der Waals surface area (Å²) in [5.74, 6) is -2.90. The summed E-state index contributed by atoms with van der Waals surface area (Å²) in [5.41, 5.74) is 2.35. The summed E-state index contributed by atoms with van der Waals surface area (Å²) >= 11 is 0. The monoisotopic (exact) mass is 418 g/mol. The Hall–Kier alpha value is -3.54. The van der Waals surface area contributed by atoms with E-state index in [2.05, 4.69) is 4.98 Å². The molecule has 1 aliphatic heterocycles. The Bertz CT molecular complexity index is 1370. The second kappa shape index (κ2) is 7.30. The van der Waals surface area contributed by atoms with Crippen molar-refractivity contribution in [3.05, 3.63) is 82.8 Å². The van der Waals surface area contributed by atoms with Gasteiger partial charge in [-0.3, -0.25) is 9.59 Å². The van der Waals surface area contributed by atoms with Crippen LogP contribution in [0.5, 0.6) is 0 Å². The lowest BCUT2D eigenvalue weighted by atomic mass is 9.95. The minimum absolute atomic E-state index is 0.0696. The zero-order chi connectivity index (χ0) is 21.6. The number of fused-ring (bicyclic) bond motifs is 2. The molecule has 0 unspecified atom stereocenters. The fourth-order valence-corrected chi connectivity index (χ4v) is 4.25. The van der Waals surface area contributed by atoms with Gasteiger partial charge in [-0.2, -0.15) is 0 Å². The molecule has 1 N–H and O–H groups in total. The van der Waals surface area contributed by atoms with Gasteiger partial charge in [0.25, 0.3) is 17.4 Å². The second-order valence-electron chi connectivity index (χ2n) is 8.00. The third-order valence-electron chi connectivity index (χ3n) is 5.99. The Labute approximate surface area is 177 Å². The standard InChI is InChI=1S/C25H20F2N2O2/c26-25(27)9-12-29(13-10-25)24(31)19-5-6-21-16(15-19)2-1-3-20(21)17-4-7-22-18(14-17)8-11-28-23(22)30/h1-8,11,14-15H,9-10,12-13H2,(H,28,30). The Balaban J connectivity index is 1.51. The molecule has 1 fully saturated rings. The van der Waals surface area contributed by atoms with E-state index in [0.717, 1.165) is 27.3 Å². The highest BCUT2D eigenvalue weighted by Gasteiger charge is 2.35. The molecule has 5 rings (SSSR count). The van der Waals surface area contributed by atoms with Crippen LogP contribution in [-0.2, 0) is 0 Å². The number of rotatable bonds is 2. The van der Waals surface area contributed by atoms with E-state index in [1.807, 2.05) is 54.6 Å². The molecule has 4 nitrogen and oxygen atoms in total. The number of amides is 1. The van der Waals surface area contributed by atoms with Gasteiger partial charge in [0.15, 0.2) is 0 Å². The first-order valence-corrected chi connectivity index (χ1v) is 10.2. The van der Waals surface area contributed by atoms with Crippen LogP contribution in [0.1, 0.15) is 23.2 Å². The van der Waals surface area contributed by atoms with Crippen LogP contribution in [0.3, 0.4) is 0 Å². The predicted octanol–water partition coefficient (Wildman–Crippen LogP) is 5.22. The third kappa shape index (κ3) is 3.58. The number of hydrogen-bond acceptors (Lipinski definition) is 2. The average molecular weight is 418 g/mol. The van der Waals surface area contributed by atoms with Crippen molar-refractivity contribution in [2.24, 2.45) is 0 Å². The number of benzene rings is 3. The molecular formula is C25H20F2N2O2. The van der Waals surface area contributed by atoms with Gasteiger partial charge in [0.05, 0.1) is 0 Å². The number of carbonyl (C=O) groups is 1. The Kier molecular flexibility index (Phi) is 4.58.